The van der Waals surface area contributed by atoms with Crippen LogP contribution in [0.3, 0.4) is 0 Å². The van der Waals surface area contributed by atoms with Gasteiger partial charge >= 0.3 is 0 Å². The second-order valence-electron chi connectivity index (χ2n) is 5.54. The summed E-state index contributed by atoms with van der Waals surface area (Å²) in [5, 5.41) is 0.389. The number of hydrogen-bond donors (Lipinski definition) is 0. The molecule has 1 fully saturated rings. The van der Waals surface area contributed by atoms with Crippen molar-refractivity contribution in [3.63, 3.8) is 0 Å². The Balaban J connectivity index is 2.03. The van der Waals surface area contributed by atoms with Gasteiger partial charge in [-0.1, -0.05) is 11.6 Å². The van der Waals surface area contributed by atoms with Crippen LogP contribution in [-0.4, -0.2) is 32.1 Å². The Morgan fingerprint density at radius 2 is 2.11 bits per heavy atom. The molecule has 0 heterocycles. The van der Waals surface area contributed by atoms with Gasteiger partial charge in [-0.05, 0) is 69.9 Å². The van der Waals surface area contributed by atoms with Crippen molar-refractivity contribution in [1.29, 1.82) is 0 Å². The molecule has 0 radical (unpaired) electrons. The largest absolute Gasteiger partial charge is 0.491 e. The average molecular weight is 286 g/mol. The Bertz CT molecular complexity index is 432. The summed E-state index contributed by atoms with van der Waals surface area (Å²) in [7, 11) is 4.06. The third-order valence-electron chi connectivity index (χ3n) is 3.30. The maximum absolute atomic E-state index is 13.5. The number of benzene rings is 1. The lowest BCUT2D eigenvalue weighted by Gasteiger charge is -2.14. The molecule has 2 nitrogen and oxygen atoms in total. The number of ether oxygens (including phenoxy) is 1. The lowest BCUT2D eigenvalue weighted by atomic mass is 10.1. The van der Waals surface area contributed by atoms with Crippen molar-refractivity contribution in [1.82, 2.24) is 4.90 Å². The smallest absolute Gasteiger partial charge is 0.141 e. The highest BCUT2D eigenvalue weighted by Crippen LogP contribution is 2.34. The molecule has 0 atom stereocenters. The first-order valence-electron chi connectivity index (χ1n) is 6.81. The number of halogens is 2. The number of hydrogen-bond acceptors (Lipinski definition) is 2. The van der Waals surface area contributed by atoms with Crippen molar-refractivity contribution in [3.8, 4) is 5.75 Å². The van der Waals surface area contributed by atoms with E-state index in [1.54, 1.807) is 6.07 Å². The molecule has 0 amide bonds. The molecule has 0 bridgehead atoms. The van der Waals surface area contributed by atoms with E-state index in [1.807, 2.05) is 14.1 Å². The quantitative estimate of drug-likeness (QED) is 0.756. The van der Waals surface area contributed by atoms with Gasteiger partial charge < -0.3 is 9.64 Å². The van der Waals surface area contributed by atoms with Gasteiger partial charge in [-0.2, -0.15) is 0 Å². The summed E-state index contributed by atoms with van der Waals surface area (Å²) in [4.78, 5) is 2.12. The summed E-state index contributed by atoms with van der Waals surface area (Å²) in [6.07, 6.45) is 4.21. The van der Waals surface area contributed by atoms with Crippen molar-refractivity contribution >= 4 is 11.6 Å². The Kier molecular flexibility index (Phi) is 5.06. The zero-order valence-electron chi connectivity index (χ0n) is 11.6. The summed E-state index contributed by atoms with van der Waals surface area (Å²) < 4.78 is 19.2. The Hall–Kier alpha value is -0.800. The molecule has 0 N–H and O–H groups in total. The second kappa shape index (κ2) is 6.58. The minimum absolute atomic E-state index is 0.288. The van der Waals surface area contributed by atoms with Crippen molar-refractivity contribution < 1.29 is 9.13 Å². The Morgan fingerprint density at radius 1 is 1.37 bits per heavy atom. The fraction of sp³-hybridized carbons (Fsp3) is 0.600. The maximum atomic E-state index is 13.5. The minimum Gasteiger partial charge on any atom is -0.491 e. The van der Waals surface area contributed by atoms with Crippen LogP contribution in [0.15, 0.2) is 12.1 Å². The van der Waals surface area contributed by atoms with E-state index in [0.717, 1.165) is 24.9 Å². The molecule has 0 spiro atoms. The van der Waals surface area contributed by atoms with Crippen LogP contribution in [0.1, 0.15) is 24.8 Å². The van der Waals surface area contributed by atoms with E-state index in [9.17, 15) is 4.39 Å². The molecule has 106 valence electrons. The summed E-state index contributed by atoms with van der Waals surface area (Å²) in [6, 6.07) is 2.88. The number of rotatable bonds is 7. The zero-order valence-corrected chi connectivity index (χ0v) is 12.3. The van der Waals surface area contributed by atoms with Gasteiger partial charge in [-0.25, -0.2) is 4.39 Å². The first-order valence-corrected chi connectivity index (χ1v) is 7.19. The topological polar surface area (TPSA) is 12.5 Å². The van der Waals surface area contributed by atoms with E-state index in [1.165, 1.54) is 18.9 Å². The van der Waals surface area contributed by atoms with Crippen LogP contribution in [0.4, 0.5) is 4.39 Å². The van der Waals surface area contributed by atoms with Crippen LogP contribution >= 0.6 is 11.6 Å². The van der Waals surface area contributed by atoms with Crippen LogP contribution in [0, 0.1) is 11.7 Å². The molecule has 0 aliphatic heterocycles. The fourth-order valence-electron chi connectivity index (χ4n) is 2.03. The van der Waals surface area contributed by atoms with Crippen molar-refractivity contribution in [3.05, 3.63) is 28.5 Å². The average Bonchev–Trinajstić information content (AvgIpc) is 3.11. The fourth-order valence-corrected chi connectivity index (χ4v) is 2.31. The lowest BCUT2D eigenvalue weighted by molar-refractivity contribution is 0.295. The molecule has 1 aliphatic rings. The molecular formula is C15H21ClFNO. The molecule has 0 unspecified atom stereocenters. The highest BCUT2D eigenvalue weighted by atomic mass is 35.5. The molecule has 1 aromatic carbocycles. The van der Waals surface area contributed by atoms with E-state index in [-0.39, 0.29) is 5.82 Å². The first-order chi connectivity index (χ1) is 9.06. The van der Waals surface area contributed by atoms with E-state index < -0.39 is 0 Å². The van der Waals surface area contributed by atoms with Crippen molar-refractivity contribution in [2.75, 3.05) is 27.2 Å². The van der Waals surface area contributed by atoms with Gasteiger partial charge in [-0.3, -0.25) is 0 Å². The van der Waals surface area contributed by atoms with E-state index in [4.69, 9.17) is 16.3 Å². The highest BCUT2D eigenvalue weighted by Gasteiger charge is 2.23. The summed E-state index contributed by atoms with van der Waals surface area (Å²) >= 11 is 6.10. The molecule has 0 aromatic heterocycles. The van der Waals surface area contributed by atoms with E-state index in [0.29, 0.717) is 23.3 Å². The molecule has 1 aromatic rings. The first kappa shape index (κ1) is 14.6. The molecule has 2 rings (SSSR count). The third-order valence-corrected chi connectivity index (χ3v) is 3.58. The SMILES string of the molecule is CN(C)CCCc1cc(F)cc(Cl)c1OCC1CC1. The van der Waals surface area contributed by atoms with Gasteiger partial charge in [0.2, 0.25) is 0 Å². The van der Waals surface area contributed by atoms with Crippen molar-refractivity contribution in [2.45, 2.75) is 25.7 Å². The molecular weight excluding hydrogens is 265 g/mol. The highest BCUT2D eigenvalue weighted by molar-refractivity contribution is 6.32. The zero-order chi connectivity index (χ0) is 13.8. The van der Waals surface area contributed by atoms with Crippen LogP contribution in [0.5, 0.6) is 5.75 Å². The van der Waals surface area contributed by atoms with E-state index in [2.05, 4.69) is 4.90 Å². The Labute approximate surface area is 119 Å². The molecule has 4 heteroatoms. The molecule has 19 heavy (non-hydrogen) atoms. The van der Waals surface area contributed by atoms with Crippen molar-refractivity contribution in [2.24, 2.45) is 5.92 Å². The van der Waals surface area contributed by atoms with Gasteiger partial charge in [0, 0.05) is 0 Å². The monoisotopic (exact) mass is 285 g/mol. The van der Waals surface area contributed by atoms with E-state index >= 15 is 0 Å². The third kappa shape index (κ3) is 4.66. The van der Waals surface area contributed by atoms with Gasteiger partial charge in [0.15, 0.2) is 0 Å². The normalized spacial score (nSPS) is 15.0. The summed E-state index contributed by atoms with van der Waals surface area (Å²) in [6.45, 7) is 1.67. The molecule has 1 aliphatic carbocycles. The standard InChI is InChI=1S/C15H21ClFNO/c1-18(2)7-3-4-12-8-13(17)9-14(16)15(12)19-10-11-5-6-11/h8-9,11H,3-7,10H2,1-2H3. The van der Waals surface area contributed by atoms with Gasteiger partial charge in [0.25, 0.3) is 0 Å². The Morgan fingerprint density at radius 3 is 2.74 bits per heavy atom. The predicted octanol–water partition coefficient (Wildman–Crippen LogP) is 3.76. The maximum Gasteiger partial charge on any atom is 0.141 e. The van der Waals surface area contributed by atoms with Crippen LogP contribution in [0.2, 0.25) is 5.02 Å². The molecule has 1 saturated carbocycles. The van der Waals surface area contributed by atoms with Crippen LogP contribution in [-0.2, 0) is 6.42 Å². The number of nitrogens with zero attached hydrogens (tertiary/aromatic N) is 1. The van der Waals surface area contributed by atoms with Crippen LogP contribution in [0.25, 0.3) is 0 Å². The second-order valence-corrected chi connectivity index (χ2v) is 5.94. The molecule has 0 saturated heterocycles. The van der Waals surface area contributed by atoms with Gasteiger partial charge in [0.05, 0.1) is 11.6 Å². The summed E-state index contributed by atoms with van der Waals surface area (Å²) in [5.41, 5.74) is 0.882. The predicted molar refractivity (Wildman–Crippen MR) is 76.5 cm³/mol. The van der Waals surface area contributed by atoms with Gasteiger partial charge in [-0.15, -0.1) is 0 Å². The number of aryl methyl sites for hydroxylation is 1. The minimum atomic E-state index is -0.288. The van der Waals surface area contributed by atoms with Crippen LogP contribution < -0.4 is 4.74 Å². The van der Waals surface area contributed by atoms with Gasteiger partial charge in [0.1, 0.15) is 11.6 Å². The summed E-state index contributed by atoms with van der Waals surface area (Å²) in [5.74, 6) is 1.05. The lowest BCUT2D eigenvalue weighted by Crippen LogP contribution is -2.14.